The lowest BCUT2D eigenvalue weighted by Crippen LogP contribution is -2.43. The zero-order chi connectivity index (χ0) is 14.8. The molecule has 1 N–H and O–H groups in total. The average molecular weight is 271 g/mol. The molecule has 0 aliphatic carbocycles. The Bertz CT molecular complexity index is 385. The second kappa shape index (κ2) is 5.59. The van der Waals surface area contributed by atoms with Gasteiger partial charge in [-0.1, -0.05) is 27.7 Å². The third-order valence-electron chi connectivity index (χ3n) is 3.11. The molecule has 1 saturated heterocycles. The highest BCUT2D eigenvalue weighted by Crippen LogP contribution is 2.26. The van der Waals surface area contributed by atoms with Crippen molar-refractivity contribution < 1.29 is 24.2 Å². The van der Waals surface area contributed by atoms with E-state index in [2.05, 4.69) is 0 Å². The number of carboxylic acids is 1. The number of ether oxygens (including phenoxy) is 1. The number of carbonyl (C=O) groups is 3. The summed E-state index contributed by atoms with van der Waals surface area (Å²) < 4.78 is 5.00. The van der Waals surface area contributed by atoms with Crippen molar-refractivity contribution in [3.63, 3.8) is 0 Å². The van der Waals surface area contributed by atoms with E-state index in [0.717, 1.165) is 4.90 Å². The summed E-state index contributed by atoms with van der Waals surface area (Å²) in [5, 5.41) is 9.02. The highest BCUT2D eigenvalue weighted by Gasteiger charge is 2.45. The van der Waals surface area contributed by atoms with E-state index in [0.29, 0.717) is 6.42 Å². The number of aliphatic carboxylic acids is 1. The van der Waals surface area contributed by atoms with Gasteiger partial charge in [0.15, 0.2) is 0 Å². The molecule has 0 spiro atoms. The maximum atomic E-state index is 11.8. The van der Waals surface area contributed by atoms with Crippen molar-refractivity contribution in [3.8, 4) is 0 Å². The molecule has 1 aliphatic rings. The highest BCUT2D eigenvalue weighted by molar-refractivity contribution is 6.00. The van der Waals surface area contributed by atoms with Crippen LogP contribution in [0.4, 0.5) is 4.79 Å². The van der Waals surface area contributed by atoms with Crippen molar-refractivity contribution >= 4 is 18.0 Å². The van der Waals surface area contributed by atoms with Crippen LogP contribution in [0.1, 0.15) is 40.5 Å². The van der Waals surface area contributed by atoms with Crippen LogP contribution in [0.2, 0.25) is 0 Å². The predicted molar refractivity (Wildman–Crippen MR) is 67.5 cm³/mol. The Morgan fingerprint density at radius 3 is 2.47 bits per heavy atom. The molecule has 2 atom stereocenters. The van der Waals surface area contributed by atoms with Crippen LogP contribution in [0, 0.1) is 11.3 Å². The van der Waals surface area contributed by atoms with Gasteiger partial charge in [-0.3, -0.25) is 4.79 Å². The molecule has 0 aromatic rings. The van der Waals surface area contributed by atoms with Crippen molar-refractivity contribution in [2.24, 2.45) is 11.3 Å². The van der Waals surface area contributed by atoms with E-state index < -0.39 is 29.9 Å². The number of rotatable bonds is 3. The third kappa shape index (κ3) is 3.94. The monoisotopic (exact) mass is 271 g/mol. The van der Waals surface area contributed by atoms with E-state index >= 15 is 0 Å². The second-order valence-electron chi connectivity index (χ2n) is 6.12. The largest absolute Gasteiger partial charge is 0.480 e. The van der Waals surface area contributed by atoms with Crippen molar-refractivity contribution in [1.82, 2.24) is 4.90 Å². The minimum Gasteiger partial charge on any atom is -0.480 e. The zero-order valence-electron chi connectivity index (χ0n) is 11.8. The Kier molecular flexibility index (Phi) is 4.55. The fourth-order valence-electron chi connectivity index (χ4n) is 1.87. The van der Waals surface area contributed by atoms with E-state index in [1.54, 1.807) is 6.92 Å². The van der Waals surface area contributed by atoms with Crippen LogP contribution in [-0.4, -0.2) is 40.6 Å². The summed E-state index contributed by atoms with van der Waals surface area (Å²) in [6.07, 6.45) is -0.0673. The molecule has 0 aromatic carbocycles. The molecular weight excluding hydrogens is 250 g/mol. The molecular formula is C13H21NO5. The number of imide groups is 1. The van der Waals surface area contributed by atoms with Gasteiger partial charge in [0.1, 0.15) is 6.04 Å². The van der Waals surface area contributed by atoms with Crippen LogP contribution in [-0.2, 0) is 14.3 Å². The highest BCUT2D eigenvalue weighted by atomic mass is 16.6. The fraction of sp³-hybridized carbons (Fsp3) is 0.769. The van der Waals surface area contributed by atoms with Crippen molar-refractivity contribution in [2.75, 3.05) is 6.61 Å². The van der Waals surface area contributed by atoms with Gasteiger partial charge in [0, 0.05) is 5.92 Å². The molecule has 108 valence electrons. The molecule has 1 rings (SSSR count). The first-order valence-electron chi connectivity index (χ1n) is 6.36. The van der Waals surface area contributed by atoms with Crippen LogP contribution in [0.25, 0.3) is 0 Å². The molecule has 0 saturated carbocycles. The van der Waals surface area contributed by atoms with E-state index in [9.17, 15) is 14.4 Å². The van der Waals surface area contributed by atoms with E-state index in [4.69, 9.17) is 9.84 Å². The lowest BCUT2D eigenvalue weighted by molar-refractivity contribution is -0.145. The van der Waals surface area contributed by atoms with Gasteiger partial charge in [-0.15, -0.1) is 0 Å². The van der Waals surface area contributed by atoms with Gasteiger partial charge in [-0.05, 0) is 18.3 Å². The quantitative estimate of drug-likeness (QED) is 0.847. The Balaban J connectivity index is 2.63. The number of nitrogens with zero attached hydrogens (tertiary/aromatic N) is 1. The molecule has 0 bridgehead atoms. The summed E-state index contributed by atoms with van der Waals surface area (Å²) >= 11 is 0. The molecule has 19 heavy (non-hydrogen) atoms. The van der Waals surface area contributed by atoms with Gasteiger partial charge < -0.3 is 9.84 Å². The van der Waals surface area contributed by atoms with Crippen molar-refractivity contribution in [3.05, 3.63) is 0 Å². The number of amides is 2. The topological polar surface area (TPSA) is 83.9 Å². The van der Waals surface area contributed by atoms with E-state index in [-0.39, 0.29) is 18.4 Å². The molecule has 1 unspecified atom stereocenters. The maximum Gasteiger partial charge on any atom is 0.417 e. The average Bonchev–Trinajstić information content (AvgIpc) is 2.54. The summed E-state index contributed by atoms with van der Waals surface area (Å²) in [4.78, 5) is 35.4. The maximum absolute atomic E-state index is 11.8. The van der Waals surface area contributed by atoms with Gasteiger partial charge in [-0.25, -0.2) is 14.5 Å². The van der Waals surface area contributed by atoms with Crippen LogP contribution in [0.3, 0.4) is 0 Å². The fourth-order valence-corrected chi connectivity index (χ4v) is 1.87. The van der Waals surface area contributed by atoms with Gasteiger partial charge in [-0.2, -0.15) is 0 Å². The summed E-state index contributed by atoms with van der Waals surface area (Å²) in [5.41, 5.74) is 0.00872. The first-order valence-corrected chi connectivity index (χ1v) is 6.36. The SMILES string of the molecule is CC1C[C@@H](C(=O)O)N(C(=O)OCCC(C)(C)C)C1=O. The first-order chi connectivity index (χ1) is 8.63. The Labute approximate surface area is 112 Å². The second-order valence-corrected chi connectivity index (χ2v) is 6.12. The number of hydrogen-bond donors (Lipinski definition) is 1. The number of likely N-dealkylation sites (tertiary alicyclic amines) is 1. The molecule has 6 heteroatoms. The Morgan fingerprint density at radius 2 is 2.00 bits per heavy atom. The minimum atomic E-state index is -1.18. The Hall–Kier alpha value is -1.59. The van der Waals surface area contributed by atoms with Crippen LogP contribution < -0.4 is 0 Å². The molecule has 1 heterocycles. The van der Waals surface area contributed by atoms with Gasteiger partial charge in [0.25, 0.3) is 0 Å². The van der Waals surface area contributed by atoms with Gasteiger partial charge >= 0.3 is 12.1 Å². The minimum absolute atomic E-state index is 0.00872. The van der Waals surface area contributed by atoms with Crippen LogP contribution in [0.5, 0.6) is 0 Å². The van der Waals surface area contributed by atoms with Crippen molar-refractivity contribution in [2.45, 2.75) is 46.6 Å². The number of carbonyl (C=O) groups excluding carboxylic acids is 2. The standard InChI is InChI=1S/C13H21NO5/c1-8-7-9(11(16)17)14(10(8)15)12(18)19-6-5-13(2,3)4/h8-9H,5-7H2,1-4H3,(H,16,17)/t8?,9-/m0/s1. The van der Waals surface area contributed by atoms with Gasteiger partial charge in [0.05, 0.1) is 6.61 Å². The van der Waals surface area contributed by atoms with Gasteiger partial charge in [0.2, 0.25) is 5.91 Å². The lowest BCUT2D eigenvalue weighted by Gasteiger charge is -2.21. The van der Waals surface area contributed by atoms with Crippen LogP contribution in [0.15, 0.2) is 0 Å². The summed E-state index contributed by atoms with van der Waals surface area (Å²) in [6, 6.07) is -1.11. The third-order valence-corrected chi connectivity index (χ3v) is 3.11. The van der Waals surface area contributed by atoms with E-state index in [1.807, 2.05) is 20.8 Å². The Morgan fingerprint density at radius 1 is 1.42 bits per heavy atom. The first kappa shape index (κ1) is 15.5. The summed E-state index contributed by atoms with van der Waals surface area (Å²) in [5.74, 6) is -2.12. The summed E-state index contributed by atoms with van der Waals surface area (Å²) in [7, 11) is 0. The van der Waals surface area contributed by atoms with Crippen LogP contribution >= 0.6 is 0 Å². The predicted octanol–water partition coefficient (Wildman–Crippen LogP) is 1.88. The summed E-state index contributed by atoms with van der Waals surface area (Å²) in [6.45, 7) is 7.80. The lowest BCUT2D eigenvalue weighted by atomic mass is 9.93. The number of hydrogen-bond acceptors (Lipinski definition) is 4. The zero-order valence-corrected chi connectivity index (χ0v) is 11.8. The number of carboxylic acid groups (broad SMARTS) is 1. The molecule has 1 aliphatic heterocycles. The molecule has 0 aromatic heterocycles. The van der Waals surface area contributed by atoms with Crippen molar-refractivity contribution in [1.29, 1.82) is 0 Å². The molecule has 0 radical (unpaired) electrons. The molecule has 6 nitrogen and oxygen atoms in total. The smallest absolute Gasteiger partial charge is 0.417 e. The van der Waals surface area contributed by atoms with E-state index in [1.165, 1.54) is 0 Å². The normalized spacial score (nSPS) is 23.6. The molecule has 2 amide bonds. The molecule has 1 fully saturated rings.